The molecule has 0 atom stereocenters. The summed E-state index contributed by atoms with van der Waals surface area (Å²) in [7, 11) is 0. The molecule has 0 radical (unpaired) electrons. The number of nitrogens with two attached hydrogens (primary N) is 1. The van der Waals surface area contributed by atoms with Crippen molar-refractivity contribution in [3.05, 3.63) is 23.8 Å². The van der Waals surface area contributed by atoms with Gasteiger partial charge in [-0.3, -0.25) is 9.59 Å². The van der Waals surface area contributed by atoms with E-state index < -0.39 is 0 Å². The molecule has 0 aromatic heterocycles. The topological polar surface area (TPSA) is 96.2 Å². The third-order valence-corrected chi connectivity index (χ3v) is 2.54. The van der Waals surface area contributed by atoms with Gasteiger partial charge in [0, 0.05) is 18.2 Å². The normalized spacial score (nSPS) is 10.2. The molecule has 20 heavy (non-hydrogen) atoms. The fourth-order valence-electron chi connectivity index (χ4n) is 1.66. The molecule has 0 fully saturated rings. The highest BCUT2D eigenvalue weighted by molar-refractivity contribution is 5.96. The van der Waals surface area contributed by atoms with E-state index in [2.05, 4.69) is 16.0 Å². The molecular weight excluding hydrogens is 256 g/mol. The predicted octanol–water partition coefficient (Wildman–Crippen LogP) is 0.955. The fourth-order valence-corrected chi connectivity index (χ4v) is 1.66. The summed E-state index contributed by atoms with van der Waals surface area (Å²) < 4.78 is 0. The first-order valence-corrected chi connectivity index (χ1v) is 6.65. The third kappa shape index (κ3) is 4.79. The van der Waals surface area contributed by atoms with Crippen molar-refractivity contribution in [1.29, 1.82) is 0 Å². The quantitative estimate of drug-likeness (QED) is 0.583. The van der Waals surface area contributed by atoms with Crippen LogP contribution in [0.1, 0.15) is 31.1 Å². The zero-order chi connectivity index (χ0) is 15.1. The molecule has 0 aliphatic rings. The zero-order valence-electron chi connectivity index (χ0n) is 12.1. The van der Waals surface area contributed by atoms with Crippen molar-refractivity contribution in [2.75, 3.05) is 24.1 Å². The second kappa shape index (κ2) is 7.37. The second-order valence-corrected chi connectivity index (χ2v) is 4.74. The third-order valence-electron chi connectivity index (χ3n) is 2.54. The standard InChI is InChI=1S/C14H22N4O2/c1-4-16-14(20)10-5-6-11(15)12(7-10)17-8-13(19)18-9(2)3/h5-7,9,17H,4,8,15H2,1-3H3,(H,16,20)(H,18,19). The average Bonchev–Trinajstić information content (AvgIpc) is 2.37. The minimum atomic E-state index is -0.165. The van der Waals surface area contributed by atoms with Crippen molar-refractivity contribution >= 4 is 23.2 Å². The van der Waals surface area contributed by atoms with E-state index in [1.165, 1.54) is 0 Å². The van der Waals surface area contributed by atoms with Gasteiger partial charge in [0.05, 0.1) is 17.9 Å². The number of benzene rings is 1. The molecule has 0 aliphatic carbocycles. The van der Waals surface area contributed by atoms with Crippen LogP contribution in [-0.2, 0) is 4.79 Å². The van der Waals surface area contributed by atoms with E-state index in [0.29, 0.717) is 23.5 Å². The lowest BCUT2D eigenvalue weighted by Crippen LogP contribution is -2.35. The van der Waals surface area contributed by atoms with Crippen LogP contribution in [0, 0.1) is 0 Å². The predicted molar refractivity (Wildman–Crippen MR) is 80.6 cm³/mol. The van der Waals surface area contributed by atoms with Crippen LogP contribution in [0.15, 0.2) is 18.2 Å². The molecule has 0 bridgehead atoms. The molecular formula is C14H22N4O2. The number of hydrogen-bond acceptors (Lipinski definition) is 4. The van der Waals surface area contributed by atoms with Crippen LogP contribution in [-0.4, -0.2) is 30.9 Å². The van der Waals surface area contributed by atoms with E-state index in [1.54, 1.807) is 18.2 Å². The summed E-state index contributed by atoms with van der Waals surface area (Å²) in [6.07, 6.45) is 0. The van der Waals surface area contributed by atoms with Crippen LogP contribution in [0.3, 0.4) is 0 Å². The first kappa shape index (κ1) is 15.8. The van der Waals surface area contributed by atoms with E-state index in [4.69, 9.17) is 5.73 Å². The van der Waals surface area contributed by atoms with Crippen LogP contribution in [0.25, 0.3) is 0 Å². The first-order valence-electron chi connectivity index (χ1n) is 6.65. The summed E-state index contributed by atoms with van der Waals surface area (Å²) in [4.78, 5) is 23.3. The number of rotatable bonds is 6. The van der Waals surface area contributed by atoms with Gasteiger partial charge in [0.25, 0.3) is 5.91 Å². The van der Waals surface area contributed by atoms with Crippen molar-refractivity contribution < 1.29 is 9.59 Å². The molecule has 5 N–H and O–H groups in total. The zero-order valence-corrected chi connectivity index (χ0v) is 12.1. The van der Waals surface area contributed by atoms with E-state index in [1.807, 2.05) is 20.8 Å². The van der Waals surface area contributed by atoms with Crippen molar-refractivity contribution in [1.82, 2.24) is 10.6 Å². The van der Waals surface area contributed by atoms with E-state index in [9.17, 15) is 9.59 Å². The number of amides is 2. The minimum Gasteiger partial charge on any atom is -0.397 e. The molecule has 0 unspecified atom stereocenters. The van der Waals surface area contributed by atoms with E-state index in [0.717, 1.165) is 0 Å². The van der Waals surface area contributed by atoms with Gasteiger partial charge >= 0.3 is 0 Å². The number of carbonyl (C=O) groups is 2. The lowest BCUT2D eigenvalue weighted by Gasteiger charge is -2.12. The van der Waals surface area contributed by atoms with Crippen molar-refractivity contribution in [3.63, 3.8) is 0 Å². The summed E-state index contributed by atoms with van der Waals surface area (Å²) in [6, 6.07) is 5.03. The Kier molecular flexibility index (Phi) is 5.83. The van der Waals surface area contributed by atoms with Crippen LogP contribution in [0.2, 0.25) is 0 Å². The van der Waals surface area contributed by atoms with Gasteiger partial charge in [-0.25, -0.2) is 0 Å². The Bertz CT molecular complexity index is 486. The molecule has 110 valence electrons. The van der Waals surface area contributed by atoms with Gasteiger partial charge in [-0.2, -0.15) is 0 Å². The Labute approximate surface area is 119 Å². The highest BCUT2D eigenvalue weighted by Gasteiger charge is 2.09. The molecule has 2 amide bonds. The van der Waals surface area contributed by atoms with Gasteiger partial charge in [-0.15, -0.1) is 0 Å². The number of hydrogen-bond donors (Lipinski definition) is 4. The summed E-state index contributed by atoms with van der Waals surface area (Å²) >= 11 is 0. The fraction of sp³-hybridized carbons (Fsp3) is 0.429. The number of carbonyl (C=O) groups excluding carboxylic acids is 2. The van der Waals surface area contributed by atoms with Crippen LogP contribution in [0.4, 0.5) is 11.4 Å². The van der Waals surface area contributed by atoms with Crippen LogP contribution >= 0.6 is 0 Å². The Balaban J connectivity index is 2.72. The SMILES string of the molecule is CCNC(=O)c1ccc(N)c(NCC(=O)NC(C)C)c1. The number of nitrogens with one attached hydrogen (secondary N) is 3. The molecule has 0 aliphatic heterocycles. The second-order valence-electron chi connectivity index (χ2n) is 4.74. The Hall–Kier alpha value is -2.24. The van der Waals surface area contributed by atoms with E-state index in [-0.39, 0.29) is 24.4 Å². The summed E-state index contributed by atoms with van der Waals surface area (Å²) in [6.45, 7) is 6.30. The van der Waals surface area contributed by atoms with Gasteiger partial charge in [-0.05, 0) is 39.0 Å². The molecule has 1 rings (SSSR count). The largest absolute Gasteiger partial charge is 0.397 e. The molecule has 0 heterocycles. The van der Waals surface area contributed by atoms with Gasteiger partial charge in [-0.1, -0.05) is 0 Å². The van der Waals surface area contributed by atoms with Crippen molar-refractivity contribution in [3.8, 4) is 0 Å². The first-order chi connectivity index (χ1) is 9.43. The average molecular weight is 278 g/mol. The molecule has 6 nitrogen and oxygen atoms in total. The van der Waals surface area contributed by atoms with Crippen molar-refractivity contribution in [2.45, 2.75) is 26.8 Å². The van der Waals surface area contributed by atoms with Crippen LogP contribution in [0.5, 0.6) is 0 Å². The van der Waals surface area contributed by atoms with Gasteiger partial charge in [0.2, 0.25) is 5.91 Å². The molecule has 0 saturated heterocycles. The summed E-state index contributed by atoms with van der Waals surface area (Å²) in [5.41, 5.74) is 7.40. The van der Waals surface area contributed by atoms with Gasteiger partial charge < -0.3 is 21.7 Å². The van der Waals surface area contributed by atoms with Crippen LogP contribution < -0.4 is 21.7 Å². The maximum atomic E-state index is 11.7. The molecule has 0 spiro atoms. The Morgan fingerprint density at radius 1 is 1.30 bits per heavy atom. The maximum Gasteiger partial charge on any atom is 0.251 e. The Morgan fingerprint density at radius 2 is 2.00 bits per heavy atom. The highest BCUT2D eigenvalue weighted by atomic mass is 16.2. The minimum absolute atomic E-state index is 0.0864. The summed E-state index contributed by atoms with van der Waals surface area (Å²) in [5.74, 6) is -0.287. The number of anilines is 2. The Morgan fingerprint density at radius 3 is 2.60 bits per heavy atom. The van der Waals surface area contributed by atoms with Gasteiger partial charge in [0.1, 0.15) is 0 Å². The number of nitrogen functional groups attached to an aromatic ring is 1. The molecule has 1 aromatic rings. The van der Waals surface area contributed by atoms with Gasteiger partial charge in [0.15, 0.2) is 0 Å². The lowest BCUT2D eigenvalue weighted by molar-refractivity contribution is -0.119. The summed E-state index contributed by atoms with van der Waals surface area (Å²) in [5, 5.41) is 8.42. The van der Waals surface area contributed by atoms with E-state index >= 15 is 0 Å². The lowest BCUT2D eigenvalue weighted by atomic mass is 10.1. The molecule has 0 saturated carbocycles. The highest BCUT2D eigenvalue weighted by Crippen LogP contribution is 2.19. The van der Waals surface area contributed by atoms with Crippen molar-refractivity contribution in [2.24, 2.45) is 0 Å². The smallest absolute Gasteiger partial charge is 0.251 e. The maximum absolute atomic E-state index is 11.7. The molecule has 6 heteroatoms. The monoisotopic (exact) mass is 278 g/mol. The molecule has 1 aromatic carbocycles.